The summed E-state index contributed by atoms with van der Waals surface area (Å²) in [5.41, 5.74) is 4.97. The van der Waals surface area contributed by atoms with Crippen LogP contribution in [0.2, 0.25) is 10.0 Å². The van der Waals surface area contributed by atoms with E-state index in [4.69, 9.17) is 23.2 Å². The Kier molecular flexibility index (Phi) is 7.36. The van der Waals surface area contributed by atoms with Gasteiger partial charge >= 0.3 is 6.03 Å². The van der Waals surface area contributed by atoms with Crippen LogP contribution in [-0.2, 0) is 4.79 Å². The molecule has 2 aromatic rings. The van der Waals surface area contributed by atoms with Gasteiger partial charge in [-0.05, 0) is 42.5 Å². The lowest BCUT2D eigenvalue weighted by Gasteiger charge is -2.09. The van der Waals surface area contributed by atoms with Gasteiger partial charge in [0.05, 0.1) is 10.0 Å². The third-order valence-electron chi connectivity index (χ3n) is 2.90. The summed E-state index contributed by atoms with van der Waals surface area (Å²) in [7, 11) is 0. The highest BCUT2D eigenvalue weighted by Gasteiger charge is 2.06. The number of hydrogen-bond acceptors (Lipinski definition) is 3. The molecule has 0 aromatic heterocycles. The Labute approximate surface area is 158 Å². The number of nitrogens with one attached hydrogen (secondary N) is 3. The van der Waals surface area contributed by atoms with Crippen LogP contribution in [0.3, 0.4) is 0 Å². The lowest BCUT2D eigenvalue weighted by molar-refractivity contribution is -0.121. The van der Waals surface area contributed by atoms with E-state index in [-0.39, 0.29) is 18.1 Å². The van der Waals surface area contributed by atoms with Crippen LogP contribution in [0.5, 0.6) is 0 Å². The molecule has 0 bridgehead atoms. The summed E-state index contributed by atoms with van der Waals surface area (Å²) in [5.74, 6) is -0.161. The molecular weight excluding hydrogens is 388 g/mol. The van der Waals surface area contributed by atoms with Crippen LogP contribution < -0.4 is 16.2 Å². The molecule has 2 rings (SSSR count). The van der Waals surface area contributed by atoms with E-state index in [2.05, 4.69) is 16.2 Å². The maximum atomic E-state index is 12.8. The third kappa shape index (κ3) is 6.81. The smallest absolute Gasteiger partial charge is 0.307 e. The summed E-state index contributed by atoms with van der Waals surface area (Å²) in [6.45, 7) is 0. The van der Waals surface area contributed by atoms with E-state index >= 15 is 0 Å². The first-order chi connectivity index (χ1) is 11.9. The third-order valence-corrected chi connectivity index (χ3v) is 4.66. The largest absolute Gasteiger partial charge is 0.337 e. The second-order valence-electron chi connectivity index (χ2n) is 4.81. The van der Waals surface area contributed by atoms with E-state index in [1.807, 2.05) is 0 Å². The Balaban J connectivity index is 1.67. The van der Waals surface area contributed by atoms with Crippen LogP contribution in [-0.4, -0.2) is 17.7 Å². The molecule has 0 aliphatic carbocycles. The van der Waals surface area contributed by atoms with Crippen molar-refractivity contribution in [2.75, 3.05) is 11.1 Å². The standard InChI is InChI=1S/C16H14Cl2FN3O2S/c17-13-6-3-11(9-14(13)18)20-16(24)22-21-15(23)7-8-25-12-4-1-10(19)2-5-12/h1-6,9H,7-8H2,(H,21,23)(H2,20,22,24). The monoisotopic (exact) mass is 401 g/mol. The molecule has 5 nitrogen and oxygen atoms in total. The van der Waals surface area contributed by atoms with Crippen molar-refractivity contribution in [3.05, 3.63) is 58.3 Å². The number of thioether (sulfide) groups is 1. The number of hydrazine groups is 1. The lowest BCUT2D eigenvalue weighted by atomic mass is 10.3. The number of carbonyl (C=O) groups is 2. The molecule has 0 aliphatic rings. The van der Waals surface area contributed by atoms with Gasteiger partial charge < -0.3 is 5.32 Å². The molecule has 0 aliphatic heterocycles. The fourth-order valence-corrected chi connectivity index (χ4v) is 2.87. The van der Waals surface area contributed by atoms with Gasteiger partial charge in [0, 0.05) is 22.8 Å². The van der Waals surface area contributed by atoms with Crippen LogP contribution >= 0.6 is 35.0 Å². The summed E-state index contributed by atoms with van der Waals surface area (Å²) >= 11 is 13.0. The Bertz CT molecular complexity index is 760. The first-order valence-corrected chi connectivity index (χ1v) is 8.87. The maximum absolute atomic E-state index is 12.8. The van der Waals surface area contributed by atoms with E-state index < -0.39 is 6.03 Å². The number of urea groups is 1. The molecular formula is C16H14Cl2FN3O2S. The minimum atomic E-state index is -0.613. The number of rotatable bonds is 5. The summed E-state index contributed by atoms with van der Waals surface area (Å²) in [6.07, 6.45) is 0.190. The highest BCUT2D eigenvalue weighted by Crippen LogP contribution is 2.24. The molecule has 0 spiro atoms. The van der Waals surface area contributed by atoms with Crippen LogP contribution in [0.25, 0.3) is 0 Å². The quantitative estimate of drug-likeness (QED) is 0.511. The lowest BCUT2D eigenvalue weighted by Crippen LogP contribution is -2.44. The molecule has 0 atom stereocenters. The predicted octanol–water partition coefficient (Wildman–Crippen LogP) is 4.47. The fraction of sp³-hybridized carbons (Fsp3) is 0.125. The van der Waals surface area contributed by atoms with Crippen LogP contribution in [0.1, 0.15) is 6.42 Å². The number of carbonyl (C=O) groups excluding carboxylic acids is 2. The van der Waals surface area contributed by atoms with Crippen molar-refractivity contribution in [2.24, 2.45) is 0 Å². The van der Waals surface area contributed by atoms with Gasteiger partial charge in [0.25, 0.3) is 0 Å². The molecule has 0 fully saturated rings. The number of benzene rings is 2. The van der Waals surface area contributed by atoms with Gasteiger partial charge in [-0.25, -0.2) is 14.6 Å². The van der Waals surface area contributed by atoms with E-state index in [1.54, 1.807) is 24.3 Å². The molecule has 0 saturated heterocycles. The Morgan fingerprint density at radius 3 is 2.40 bits per heavy atom. The molecule has 0 saturated carbocycles. The number of halogens is 3. The molecule has 0 heterocycles. The Hall–Kier alpha value is -1.96. The number of amides is 3. The van der Waals surface area contributed by atoms with Crippen molar-refractivity contribution < 1.29 is 14.0 Å². The number of anilines is 1. The van der Waals surface area contributed by atoms with Gasteiger partial charge in [0.2, 0.25) is 5.91 Å². The molecule has 3 amide bonds. The zero-order chi connectivity index (χ0) is 18.2. The molecule has 0 unspecified atom stereocenters. The molecule has 0 radical (unpaired) electrons. The number of hydrogen-bond donors (Lipinski definition) is 3. The van der Waals surface area contributed by atoms with Gasteiger partial charge in [-0.3, -0.25) is 10.2 Å². The minimum Gasteiger partial charge on any atom is -0.307 e. The Morgan fingerprint density at radius 1 is 1.00 bits per heavy atom. The van der Waals surface area contributed by atoms with E-state index in [1.165, 1.54) is 30.0 Å². The average molecular weight is 402 g/mol. The van der Waals surface area contributed by atoms with Crippen molar-refractivity contribution in [1.29, 1.82) is 0 Å². The van der Waals surface area contributed by atoms with E-state index in [0.717, 1.165) is 4.90 Å². The predicted molar refractivity (Wildman–Crippen MR) is 98.5 cm³/mol. The molecule has 3 N–H and O–H groups in total. The zero-order valence-corrected chi connectivity index (χ0v) is 15.1. The second kappa shape index (κ2) is 9.50. The van der Waals surface area contributed by atoms with Crippen molar-refractivity contribution in [3.8, 4) is 0 Å². The second-order valence-corrected chi connectivity index (χ2v) is 6.79. The van der Waals surface area contributed by atoms with Crippen molar-refractivity contribution in [2.45, 2.75) is 11.3 Å². The Morgan fingerprint density at radius 2 is 1.72 bits per heavy atom. The van der Waals surface area contributed by atoms with Crippen molar-refractivity contribution in [3.63, 3.8) is 0 Å². The van der Waals surface area contributed by atoms with Gasteiger partial charge in [0.1, 0.15) is 5.82 Å². The van der Waals surface area contributed by atoms with Gasteiger partial charge in [-0.2, -0.15) is 0 Å². The summed E-state index contributed by atoms with van der Waals surface area (Å²) in [6, 6.07) is 10.00. The fourth-order valence-electron chi connectivity index (χ4n) is 1.72. The molecule has 9 heteroatoms. The van der Waals surface area contributed by atoms with E-state index in [9.17, 15) is 14.0 Å². The highest BCUT2D eigenvalue weighted by molar-refractivity contribution is 7.99. The van der Waals surface area contributed by atoms with Gasteiger partial charge in [-0.1, -0.05) is 23.2 Å². The van der Waals surface area contributed by atoms with E-state index in [0.29, 0.717) is 21.5 Å². The normalized spacial score (nSPS) is 10.2. The minimum absolute atomic E-state index is 0.190. The van der Waals surface area contributed by atoms with Crippen LogP contribution in [0, 0.1) is 5.82 Å². The molecule has 132 valence electrons. The molecule has 2 aromatic carbocycles. The summed E-state index contributed by atoms with van der Waals surface area (Å²) in [4.78, 5) is 24.2. The molecule has 25 heavy (non-hydrogen) atoms. The average Bonchev–Trinajstić information content (AvgIpc) is 2.58. The first-order valence-electron chi connectivity index (χ1n) is 7.13. The van der Waals surface area contributed by atoms with Crippen molar-refractivity contribution in [1.82, 2.24) is 10.9 Å². The maximum Gasteiger partial charge on any atom is 0.337 e. The van der Waals surface area contributed by atoms with Gasteiger partial charge in [0.15, 0.2) is 0 Å². The summed E-state index contributed by atoms with van der Waals surface area (Å²) < 4.78 is 12.8. The van der Waals surface area contributed by atoms with Crippen LogP contribution in [0.15, 0.2) is 47.4 Å². The SMILES string of the molecule is O=C(CCSc1ccc(F)cc1)NNC(=O)Nc1ccc(Cl)c(Cl)c1. The topological polar surface area (TPSA) is 70.2 Å². The van der Waals surface area contributed by atoms with Crippen molar-refractivity contribution >= 4 is 52.6 Å². The van der Waals surface area contributed by atoms with Gasteiger partial charge in [-0.15, -0.1) is 11.8 Å². The highest BCUT2D eigenvalue weighted by atomic mass is 35.5. The van der Waals surface area contributed by atoms with Crippen LogP contribution in [0.4, 0.5) is 14.9 Å². The zero-order valence-electron chi connectivity index (χ0n) is 12.8. The first kappa shape index (κ1) is 19.4. The summed E-state index contributed by atoms with van der Waals surface area (Å²) in [5, 5.41) is 3.19.